The van der Waals surface area contributed by atoms with E-state index < -0.39 is 5.82 Å². The lowest BCUT2D eigenvalue weighted by molar-refractivity contribution is -0.119. The van der Waals surface area contributed by atoms with Gasteiger partial charge < -0.3 is 16.4 Å². The molecule has 0 saturated heterocycles. The van der Waals surface area contributed by atoms with Crippen molar-refractivity contribution in [3.8, 4) is 0 Å². The highest BCUT2D eigenvalue weighted by molar-refractivity contribution is 9.10. The molecule has 1 rings (SSSR count). The number of hydrogen-bond acceptors (Lipinski definition) is 3. The Kier molecular flexibility index (Phi) is 5.21. The van der Waals surface area contributed by atoms with Crippen molar-refractivity contribution in [2.75, 3.05) is 24.1 Å². The zero-order valence-corrected chi connectivity index (χ0v) is 11.1. The van der Waals surface area contributed by atoms with Gasteiger partial charge in [-0.3, -0.25) is 4.79 Å². The van der Waals surface area contributed by atoms with Crippen molar-refractivity contribution in [3.63, 3.8) is 0 Å². The summed E-state index contributed by atoms with van der Waals surface area (Å²) in [6.07, 6.45) is 0.876. The molecule has 0 heterocycles. The van der Waals surface area contributed by atoms with Crippen LogP contribution in [0.3, 0.4) is 0 Å². The molecule has 0 saturated carbocycles. The summed E-state index contributed by atoms with van der Waals surface area (Å²) in [6, 6.07) is 2.72. The van der Waals surface area contributed by atoms with E-state index in [0.717, 1.165) is 6.42 Å². The molecular weight excluding hydrogens is 289 g/mol. The lowest BCUT2D eigenvalue weighted by Gasteiger charge is -2.10. The average Bonchev–Trinajstić information content (AvgIpc) is 2.29. The van der Waals surface area contributed by atoms with E-state index in [1.165, 1.54) is 12.1 Å². The zero-order chi connectivity index (χ0) is 12.8. The third kappa shape index (κ3) is 4.22. The van der Waals surface area contributed by atoms with Crippen molar-refractivity contribution < 1.29 is 9.18 Å². The Hall–Kier alpha value is -1.30. The summed E-state index contributed by atoms with van der Waals surface area (Å²) in [6.45, 7) is 2.67. The molecule has 1 aromatic rings. The second-order valence-electron chi connectivity index (χ2n) is 3.56. The summed E-state index contributed by atoms with van der Waals surface area (Å²) in [4.78, 5) is 11.3. The third-order valence-corrected chi connectivity index (χ3v) is 2.71. The quantitative estimate of drug-likeness (QED) is 0.730. The Balaban J connectivity index is 2.57. The number of carbonyl (C=O) groups excluding carboxylic acids is 1. The molecule has 94 valence electrons. The van der Waals surface area contributed by atoms with Crippen LogP contribution in [-0.4, -0.2) is 19.0 Å². The van der Waals surface area contributed by atoms with E-state index in [0.29, 0.717) is 22.4 Å². The van der Waals surface area contributed by atoms with Gasteiger partial charge in [-0.2, -0.15) is 0 Å². The molecule has 1 aromatic carbocycles. The Morgan fingerprint density at radius 3 is 2.88 bits per heavy atom. The highest BCUT2D eigenvalue weighted by Gasteiger charge is 2.07. The fourth-order valence-electron chi connectivity index (χ4n) is 1.22. The van der Waals surface area contributed by atoms with Crippen LogP contribution in [0, 0.1) is 5.82 Å². The normalized spacial score (nSPS) is 10.1. The Labute approximate surface area is 108 Å². The van der Waals surface area contributed by atoms with Crippen LogP contribution < -0.4 is 16.4 Å². The number of nitrogen functional groups attached to an aromatic ring is 1. The van der Waals surface area contributed by atoms with Crippen molar-refractivity contribution in [1.29, 1.82) is 0 Å². The summed E-state index contributed by atoms with van der Waals surface area (Å²) in [5, 5.41) is 5.49. The molecule has 0 aliphatic carbocycles. The van der Waals surface area contributed by atoms with E-state index in [4.69, 9.17) is 5.73 Å². The van der Waals surface area contributed by atoms with Gasteiger partial charge in [0.15, 0.2) is 0 Å². The molecular formula is C11H15BrFN3O. The molecule has 0 bridgehead atoms. The zero-order valence-electron chi connectivity index (χ0n) is 9.52. The van der Waals surface area contributed by atoms with Crippen LogP contribution in [-0.2, 0) is 4.79 Å². The number of halogens is 2. The molecule has 0 unspecified atom stereocenters. The highest BCUT2D eigenvalue weighted by atomic mass is 79.9. The van der Waals surface area contributed by atoms with Crippen molar-refractivity contribution in [3.05, 3.63) is 22.4 Å². The van der Waals surface area contributed by atoms with E-state index in [9.17, 15) is 9.18 Å². The summed E-state index contributed by atoms with van der Waals surface area (Å²) in [5.74, 6) is -0.565. The van der Waals surface area contributed by atoms with Crippen LogP contribution in [0.4, 0.5) is 15.8 Å². The molecule has 0 spiro atoms. The molecule has 0 atom stereocenters. The number of benzene rings is 1. The lowest BCUT2D eigenvalue weighted by Crippen LogP contribution is -2.30. The second-order valence-corrected chi connectivity index (χ2v) is 4.41. The van der Waals surface area contributed by atoms with E-state index in [1.54, 1.807) is 0 Å². The minimum atomic E-state index is -0.421. The predicted molar refractivity (Wildman–Crippen MR) is 70.3 cm³/mol. The first-order chi connectivity index (χ1) is 8.04. The highest BCUT2D eigenvalue weighted by Crippen LogP contribution is 2.26. The van der Waals surface area contributed by atoms with E-state index in [1.807, 2.05) is 6.92 Å². The van der Waals surface area contributed by atoms with Gasteiger partial charge in [0.25, 0.3) is 0 Å². The summed E-state index contributed by atoms with van der Waals surface area (Å²) in [7, 11) is 0. The summed E-state index contributed by atoms with van der Waals surface area (Å²) >= 11 is 3.03. The third-order valence-electron chi connectivity index (χ3n) is 2.10. The van der Waals surface area contributed by atoms with Crippen molar-refractivity contribution in [1.82, 2.24) is 5.32 Å². The topological polar surface area (TPSA) is 67.2 Å². The maximum absolute atomic E-state index is 13.2. The van der Waals surface area contributed by atoms with Gasteiger partial charge in [-0.25, -0.2) is 4.39 Å². The minimum Gasteiger partial charge on any atom is -0.397 e. The number of rotatable bonds is 5. The van der Waals surface area contributed by atoms with Gasteiger partial charge in [0.05, 0.1) is 22.4 Å². The predicted octanol–water partition coefficient (Wildman–Crippen LogP) is 2.11. The van der Waals surface area contributed by atoms with Crippen LogP contribution >= 0.6 is 15.9 Å². The van der Waals surface area contributed by atoms with Crippen LogP contribution in [0.1, 0.15) is 13.3 Å². The second kappa shape index (κ2) is 6.44. The summed E-state index contributed by atoms with van der Waals surface area (Å²) in [5.41, 5.74) is 6.49. The van der Waals surface area contributed by atoms with Gasteiger partial charge in [-0.05, 0) is 28.4 Å². The Morgan fingerprint density at radius 2 is 2.24 bits per heavy atom. The van der Waals surface area contributed by atoms with Crippen molar-refractivity contribution in [2.24, 2.45) is 0 Å². The van der Waals surface area contributed by atoms with Gasteiger partial charge in [-0.15, -0.1) is 0 Å². The molecule has 0 aromatic heterocycles. The largest absolute Gasteiger partial charge is 0.397 e. The first-order valence-electron chi connectivity index (χ1n) is 5.29. The molecule has 4 N–H and O–H groups in total. The number of anilines is 2. The first-order valence-corrected chi connectivity index (χ1v) is 6.09. The standard InChI is InChI=1S/C11H15BrFN3O/c1-2-3-15-11(17)6-16-10-5-8(13)7(12)4-9(10)14/h4-5,16H,2-3,6,14H2,1H3,(H,15,17). The molecule has 0 radical (unpaired) electrons. The maximum atomic E-state index is 13.2. The molecule has 0 aliphatic rings. The number of amides is 1. The van der Waals surface area contributed by atoms with Gasteiger partial charge >= 0.3 is 0 Å². The molecule has 0 fully saturated rings. The number of nitrogens with one attached hydrogen (secondary N) is 2. The van der Waals surface area contributed by atoms with E-state index in [2.05, 4.69) is 26.6 Å². The van der Waals surface area contributed by atoms with E-state index in [-0.39, 0.29) is 12.5 Å². The van der Waals surface area contributed by atoms with Crippen molar-refractivity contribution >= 4 is 33.2 Å². The van der Waals surface area contributed by atoms with E-state index >= 15 is 0 Å². The smallest absolute Gasteiger partial charge is 0.239 e. The fraction of sp³-hybridized carbons (Fsp3) is 0.364. The number of nitrogens with two attached hydrogens (primary N) is 1. The van der Waals surface area contributed by atoms with Gasteiger partial charge in [0.1, 0.15) is 5.82 Å². The lowest BCUT2D eigenvalue weighted by atomic mass is 10.2. The first kappa shape index (κ1) is 13.8. The van der Waals surface area contributed by atoms with Crippen molar-refractivity contribution in [2.45, 2.75) is 13.3 Å². The Morgan fingerprint density at radius 1 is 1.53 bits per heavy atom. The van der Waals surface area contributed by atoms with Crippen LogP contribution in [0.5, 0.6) is 0 Å². The number of hydrogen-bond donors (Lipinski definition) is 3. The number of carbonyl (C=O) groups is 1. The molecule has 6 heteroatoms. The minimum absolute atomic E-state index is 0.0747. The van der Waals surface area contributed by atoms with Crippen LogP contribution in [0.25, 0.3) is 0 Å². The molecule has 0 aliphatic heterocycles. The average molecular weight is 304 g/mol. The molecule has 1 amide bonds. The molecule has 17 heavy (non-hydrogen) atoms. The van der Waals surface area contributed by atoms with Gasteiger partial charge in [0, 0.05) is 12.6 Å². The molecule has 4 nitrogen and oxygen atoms in total. The van der Waals surface area contributed by atoms with Gasteiger partial charge in [-0.1, -0.05) is 6.92 Å². The van der Waals surface area contributed by atoms with Crippen LogP contribution in [0.2, 0.25) is 0 Å². The van der Waals surface area contributed by atoms with Crippen LogP contribution in [0.15, 0.2) is 16.6 Å². The Bertz CT molecular complexity index is 412. The monoisotopic (exact) mass is 303 g/mol. The van der Waals surface area contributed by atoms with Gasteiger partial charge in [0.2, 0.25) is 5.91 Å². The fourth-order valence-corrected chi connectivity index (χ4v) is 1.58. The summed E-state index contributed by atoms with van der Waals surface area (Å²) < 4.78 is 13.5. The maximum Gasteiger partial charge on any atom is 0.239 e. The SMILES string of the molecule is CCCNC(=O)CNc1cc(F)c(Br)cc1N.